The molecule has 0 heterocycles. The Labute approximate surface area is 120 Å². The van der Waals surface area contributed by atoms with Gasteiger partial charge in [-0.1, -0.05) is 12.1 Å². The zero-order valence-electron chi connectivity index (χ0n) is 11.2. The fourth-order valence-corrected chi connectivity index (χ4v) is 1.89. The number of rotatable bonds is 5. The molecule has 0 unspecified atom stereocenters. The van der Waals surface area contributed by atoms with Crippen molar-refractivity contribution in [3.05, 3.63) is 52.1 Å². The fraction of sp³-hybridized carbons (Fsp3) is 0.143. The predicted molar refractivity (Wildman–Crippen MR) is 76.7 cm³/mol. The van der Waals surface area contributed by atoms with E-state index in [1.807, 2.05) is 0 Å². The van der Waals surface area contributed by atoms with E-state index in [1.165, 1.54) is 19.2 Å². The summed E-state index contributed by atoms with van der Waals surface area (Å²) in [6.45, 7) is 0.175. The zero-order valence-corrected chi connectivity index (χ0v) is 11.2. The number of nitrogens with one attached hydrogen (secondary N) is 1. The molecule has 0 bridgehead atoms. The number of hydrogen-bond acceptors (Lipinski definition) is 6. The molecule has 2 aromatic rings. The summed E-state index contributed by atoms with van der Waals surface area (Å²) in [6, 6.07) is 8.82. The van der Waals surface area contributed by atoms with E-state index < -0.39 is 4.92 Å². The molecule has 0 radical (unpaired) electrons. The van der Waals surface area contributed by atoms with E-state index in [9.17, 15) is 20.3 Å². The fourth-order valence-electron chi connectivity index (χ4n) is 1.89. The highest BCUT2D eigenvalue weighted by molar-refractivity contribution is 5.64. The maximum Gasteiger partial charge on any atom is 0.296 e. The molecule has 21 heavy (non-hydrogen) atoms. The van der Waals surface area contributed by atoms with E-state index >= 15 is 0 Å². The van der Waals surface area contributed by atoms with Crippen molar-refractivity contribution in [2.45, 2.75) is 6.54 Å². The Bertz CT molecular complexity index is 672. The van der Waals surface area contributed by atoms with Crippen LogP contribution in [0.3, 0.4) is 0 Å². The van der Waals surface area contributed by atoms with Gasteiger partial charge in [0.15, 0.2) is 11.5 Å². The first-order valence-corrected chi connectivity index (χ1v) is 6.09. The molecule has 0 amide bonds. The van der Waals surface area contributed by atoms with Crippen LogP contribution in [0.1, 0.15) is 5.56 Å². The van der Waals surface area contributed by atoms with E-state index in [-0.39, 0.29) is 29.4 Å². The highest BCUT2D eigenvalue weighted by Crippen LogP contribution is 2.32. The Hall–Kier alpha value is -2.96. The molecule has 2 rings (SSSR count). The lowest BCUT2D eigenvalue weighted by molar-refractivity contribution is -0.384. The van der Waals surface area contributed by atoms with Crippen LogP contribution in [-0.2, 0) is 6.54 Å². The number of nitrogens with zero attached hydrogens (tertiary/aromatic N) is 1. The molecule has 0 saturated heterocycles. The standard InChI is InChI=1S/C14H14N2O5/c1-21-13-4-2-3-9(14(13)18)8-15-11-6-5-10(17)7-12(11)16(19)20/h2-7,15,17-18H,8H2,1H3. The second-order valence-electron chi connectivity index (χ2n) is 4.28. The van der Waals surface area contributed by atoms with Gasteiger partial charge in [-0.25, -0.2) is 0 Å². The number of para-hydroxylation sites is 1. The number of nitro benzene ring substituents is 1. The molecule has 0 aliphatic carbocycles. The summed E-state index contributed by atoms with van der Waals surface area (Å²) < 4.78 is 5.00. The minimum atomic E-state index is -0.590. The monoisotopic (exact) mass is 290 g/mol. The minimum absolute atomic E-state index is 0.0195. The Balaban J connectivity index is 2.23. The van der Waals surface area contributed by atoms with Gasteiger partial charge in [0.1, 0.15) is 11.4 Å². The summed E-state index contributed by atoms with van der Waals surface area (Å²) >= 11 is 0. The molecule has 2 aromatic carbocycles. The van der Waals surface area contributed by atoms with Gasteiger partial charge in [-0.15, -0.1) is 0 Å². The maximum atomic E-state index is 10.9. The van der Waals surface area contributed by atoms with Crippen molar-refractivity contribution in [3.8, 4) is 17.2 Å². The van der Waals surface area contributed by atoms with Gasteiger partial charge in [0.05, 0.1) is 18.1 Å². The summed E-state index contributed by atoms with van der Waals surface area (Å²) in [5.41, 5.74) is 0.550. The average molecular weight is 290 g/mol. The number of anilines is 1. The molecule has 7 heteroatoms. The molecule has 0 spiro atoms. The van der Waals surface area contributed by atoms with Crippen LogP contribution in [0.15, 0.2) is 36.4 Å². The summed E-state index contributed by atoms with van der Waals surface area (Å²) in [6.07, 6.45) is 0. The van der Waals surface area contributed by atoms with E-state index in [2.05, 4.69) is 5.32 Å². The van der Waals surface area contributed by atoms with Crippen molar-refractivity contribution in [1.82, 2.24) is 0 Å². The predicted octanol–water partition coefficient (Wildman–Crippen LogP) is 2.63. The minimum Gasteiger partial charge on any atom is -0.508 e. The first-order chi connectivity index (χ1) is 10.0. The number of benzene rings is 2. The number of phenolic OH excluding ortho intramolecular Hbond substituents is 2. The smallest absolute Gasteiger partial charge is 0.296 e. The van der Waals surface area contributed by atoms with E-state index in [0.29, 0.717) is 11.3 Å². The summed E-state index contributed by atoms with van der Waals surface area (Å²) in [4.78, 5) is 10.3. The van der Waals surface area contributed by atoms with E-state index in [0.717, 1.165) is 6.07 Å². The van der Waals surface area contributed by atoms with Crippen LogP contribution in [0.2, 0.25) is 0 Å². The Kier molecular flexibility index (Phi) is 4.13. The van der Waals surface area contributed by atoms with Gasteiger partial charge in [-0.2, -0.15) is 0 Å². The van der Waals surface area contributed by atoms with Crippen molar-refractivity contribution in [3.63, 3.8) is 0 Å². The van der Waals surface area contributed by atoms with Gasteiger partial charge in [-0.05, 0) is 18.2 Å². The lowest BCUT2D eigenvalue weighted by Gasteiger charge is -2.11. The number of methoxy groups -OCH3 is 1. The third-order valence-corrected chi connectivity index (χ3v) is 2.95. The van der Waals surface area contributed by atoms with Gasteiger partial charge in [0.2, 0.25) is 0 Å². The highest BCUT2D eigenvalue weighted by atomic mass is 16.6. The number of ether oxygens (including phenoxy) is 1. The lowest BCUT2D eigenvalue weighted by Crippen LogP contribution is -2.03. The second-order valence-corrected chi connectivity index (χ2v) is 4.28. The molecule has 0 aliphatic rings. The molecule has 3 N–H and O–H groups in total. The third-order valence-electron chi connectivity index (χ3n) is 2.95. The molecule has 0 aliphatic heterocycles. The van der Waals surface area contributed by atoms with Crippen molar-refractivity contribution >= 4 is 11.4 Å². The van der Waals surface area contributed by atoms with Crippen molar-refractivity contribution in [2.75, 3.05) is 12.4 Å². The normalized spacial score (nSPS) is 10.1. The first-order valence-electron chi connectivity index (χ1n) is 6.09. The van der Waals surface area contributed by atoms with Crippen LogP contribution in [0.4, 0.5) is 11.4 Å². The van der Waals surface area contributed by atoms with Crippen LogP contribution in [0, 0.1) is 10.1 Å². The molecule has 110 valence electrons. The van der Waals surface area contributed by atoms with Crippen molar-refractivity contribution in [2.24, 2.45) is 0 Å². The topological polar surface area (TPSA) is 105 Å². The Morgan fingerprint density at radius 2 is 2.05 bits per heavy atom. The zero-order chi connectivity index (χ0) is 15.4. The molecule has 7 nitrogen and oxygen atoms in total. The average Bonchev–Trinajstić information content (AvgIpc) is 2.47. The Morgan fingerprint density at radius 3 is 2.71 bits per heavy atom. The van der Waals surface area contributed by atoms with Crippen molar-refractivity contribution < 1.29 is 19.9 Å². The van der Waals surface area contributed by atoms with Gasteiger partial charge < -0.3 is 20.3 Å². The quantitative estimate of drug-likeness (QED) is 0.444. The molecule has 0 fully saturated rings. The maximum absolute atomic E-state index is 10.9. The SMILES string of the molecule is COc1cccc(CNc2ccc(O)cc2[N+](=O)[O-])c1O. The molecule has 0 saturated carbocycles. The van der Waals surface area contributed by atoms with Gasteiger partial charge in [0, 0.05) is 12.1 Å². The molecular weight excluding hydrogens is 276 g/mol. The largest absolute Gasteiger partial charge is 0.508 e. The van der Waals surface area contributed by atoms with Crippen LogP contribution in [0.5, 0.6) is 17.2 Å². The van der Waals surface area contributed by atoms with Crippen LogP contribution in [-0.4, -0.2) is 22.2 Å². The van der Waals surface area contributed by atoms with Gasteiger partial charge in [-0.3, -0.25) is 10.1 Å². The summed E-state index contributed by atoms with van der Waals surface area (Å²) in [7, 11) is 1.44. The van der Waals surface area contributed by atoms with E-state index in [4.69, 9.17) is 4.74 Å². The highest BCUT2D eigenvalue weighted by Gasteiger charge is 2.15. The first kappa shape index (κ1) is 14.4. The number of phenols is 2. The number of hydrogen-bond donors (Lipinski definition) is 3. The molecule has 0 aromatic heterocycles. The van der Waals surface area contributed by atoms with Crippen LogP contribution < -0.4 is 10.1 Å². The number of aromatic hydroxyl groups is 2. The summed E-state index contributed by atoms with van der Waals surface area (Å²) in [5.74, 6) is 0.125. The number of nitro groups is 1. The molecule has 0 atom stereocenters. The second kappa shape index (κ2) is 6.00. The van der Waals surface area contributed by atoms with Crippen molar-refractivity contribution in [1.29, 1.82) is 0 Å². The van der Waals surface area contributed by atoms with Crippen LogP contribution in [0.25, 0.3) is 0 Å². The van der Waals surface area contributed by atoms with Gasteiger partial charge in [0.25, 0.3) is 5.69 Å². The lowest BCUT2D eigenvalue weighted by atomic mass is 10.1. The summed E-state index contributed by atoms with van der Waals surface area (Å²) in [5, 5.41) is 33.0. The van der Waals surface area contributed by atoms with Crippen LogP contribution >= 0.6 is 0 Å². The third kappa shape index (κ3) is 3.14. The van der Waals surface area contributed by atoms with Gasteiger partial charge >= 0.3 is 0 Å². The van der Waals surface area contributed by atoms with E-state index in [1.54, 1.807) is 18.2 Å². The Morgan fingerprint density at radius 1 is 1.29 bits per heavy atom. The molecular formula is C14H14N2O5.